The van der Waals surface area contributed by atoms with Crippen molar-refractivity contribution < 1.29 is 4.79 Å². The number of aryl methyl sites for hydroxylation is 1. The van der Waals surface area contributed by atoms with Crippen molar-refractivity contribution in [3.8, 4) is 0 Å². The number of para-hydroxylation sites is 1. The SMILES string of the molecule is Cc1cccc(NC(=O)c2cn(Cc3ccccc3)c3ccccc23)c1C. The van der Waals surface area contributed by atoms with Gasteiger partial charge in [0, 0.05) is 29.3 Å². The van der Waals surface area contributed by atoms with Crippen LogP contribution in [-0.2, 0) is 6.54 Å². The molecule has 0 bridgehead atoms. The smallest absolute Gasteiger partial charge is 0.257 e. The van der Waals surface area contributed by atoms with Crippen molar-refractivity contribution in [1.82, 2.24) is 4.57 Å². The summed E-state index contributed by atoms with van der Waals surface area (Å²) in [5.41, 5.74) is 6.09. The summed E-state index contributed by atoms with van der Waals surface area (Å²) in [5, 5.41) is 4.05. The van der Waals surface area contributed by atoms with Gasteiger partial charge in [-0.25, -0.2) is 0 Å². The maximum atomic E-state index is 13.0. The van der Waals surface area contributed by atoms with Gasteiger partial charge < -0.3 is 9.88 Å². The number of anilines is 1. The van der Waals surface area contributed by atoms with Gasteiger partial charge in [-0.1, -0.05) is 60.7 Å². The number of nitrogens with zero attached hydrogens (tertiary/aromatic N) is 1. The summed E-state index contributed by atoms with van der Waals surface area (Å²) in [5.74, 6) is -0.0771. The second kappa shape index (κ2) is 7.12. The van der Waals surface area contributed by atoms with Crippen LogP contribution in [0.25, 0.3) is 10.9 Å². The summed E-state index contributed by atoms with van der Waals surface area (Å²) in [6.07, 6.45) is 1.96. The number of carbonyl (C=O) groups is 1. The third kappa shape index (κ3) is 3.36. The first-order valence-corrected chi connectivity index (χ1v) is 9.13. The lowest BCUT2D eigenvalue weighted by Gasteiger charge is -2.09. The molecule has 0 atom stereocenters. The summed E-state index contributed by atoms with van der Waals surface area (Å²) in [4.78, 5) is 13.0. The fourth-order valence-electron chi connectivity index (χ4n) is 3.41. The Morgan fingerprint density at radius 2 is 1.63 bits per heavy atom. The van der Waals surface area contributed by atoms with Gasteiger partial charge in [-0.15, -0.1) is 0 Å². The second-order valence-corrected chi connectivity index (χ2v) is 6.88. The van der Waals surface area contributed by atoms with Crippen molar-refractivity contribution in [2.45, 2.75) is 20.4 Å². The Kier molecular flexibility index (Phi) is 4.51. The lowest BCUT2D eigenvalue weighted by Crippen LogP contribution is -2.12. The topological polar surface area (TPSA) is 34.0 Å². The Bertz CT molecular complexity index is 1110. The molecule has 27 heavy (non-hydrogen) atoms. The first-order chi connectivity index (χ1) is 13.1. The van der Waals surface area contributed by atoms with E-state index in [4.69, 9.17) is 0 Å². The van der Waals surface area contributed by atoms with E-state index in [-0.39, 0.29) is 5.91 Å². The molecule has 0 unspecified atom stereocenters. The quantitative estimate of drug-likeness (QED) is 0.511. The number of fused-ring (bicyclic) bond motifs is 1. The number of hydrogen-bond acceptors (Lipinski definition) is 1. The van der Waals surface area contributed by atoms with Crippen LogP contribution in [0.4, 0.5) is 5.69 Å². The van der Waals surface area contributed by atoms with E-state index in [1.54, 1.807) is 0 Å². The predicted octanol–water partition coefficient (Wildman–Crippen LogP) is 5.56. The fourth-order valence-corrected chi connectivity index (χ4v) is 3.41. The second-order valence-electron chi connectivity index (χ2n) is 6.88. The molecule has 3 aromatic carbocycles. The average molecular weight is 354 g/mol. The van der Waals surface area contributed by atoms with E-state index < -0.39 is 0 Å². The standard InChI is InChI=1S/C24H22N2O/c1-17-9-8-13-22(18(17)2)25-24(27)21-16-26(15-19-10-4-3-5-11-19)23-14-7-6-12-20(21)23/h3-14,16H,15H2,1-2H3,(H,25,27). The zero-order valence-electron chi connectivity index (χ0n) is 15.6. The molecular formula is C24H22N2O. The molecule has 0 fully saturated rings. The van der Waals surface area contributed by atoms with E-state index in [2.05, 4.69) is 41.1 Å². The number of benzene rings is 3. The van der Waals surface area contributed by atoms with Crippen molar-refractivity contribution in [3.63, 3.8) is 0 Å². The Hall–Kier alpha value is -3.33. The van der Waals surface area contributed by atoms with Crippen LogP contribution in [0.2, 0.25) is 0 Å². The summed E-state index contributed by atoms with van der Waals surface area (Å²) >= 11 is 0. The Morgan fingerprint density at radius 3 is 2.44 bits per heavy atom. The lowest BCUT2D eigenvalue weighted by molar-refractivity contribution is 0.102. The van der Waals surface area contributed by atoms with E-state index in [9.17, 15) is 4.79 Å². The minimum atomic E-state index is -0.0771. The third-order valence-electron chi connectivity index (χ3n) is 5.08. The number of aromatic nitrogens is 1. The van der Waals surface area contributed by atoms with E-state index in [1.807, 2.05) is 61.7 Å². The van der Waals surface area contributed by atoms with Gasteiger partial charge in [0.15, 0.2) is 0 Å². The molecule has 1 amide bonds. The molecular weight excluding hydrogens is 332 g/mol. The van der Waals surface area contributed by atoms with E-state index in [1.165, 1.54) is 11.1 Å². The molecule has 1 N–H and O–H groups in total. The molecule has 4 aromatic rings. The van der Waals surface area contributed by atoms with Crippen LogP contribution >= 0.6 is 0 Å². The monoisotopic (exact) mass is 354 g/mol. The van der Waals surface area contributed by atoms with Gasteiger partial charge in [0.2, 0.25) is 0 Å². The van der Waals surface area contributed by atoms with Gasteiger partial charge in [0.1, 0.15) is 0 Å². The molecule has 0 aliphatic carbocycles. The van der Waals surface area contributed by atoms with E-state index in [0.29, 0.717) is 5.56 Å². The number of carbonyl (C=O) groups excluding carboxylic acids is 1. The van der Waals surface area contributed by atoms with Gasteiger partial charge in [-0.3, -0.25) is 4.79 Å². The molecule has 1 heterocycles. The molecule has 3 heteroatoms. The fraction of sp³-hybridized carbons (Fsp3) is 0.125. The van der Waals surface area contributed by atoms with Gasteiger partial charge in [0.05, 0.1) is 5.56 Å². The zero-order valence-corrected chi connectivity index (χ0v) is 15.6. The molecule has 134 valence electrons. The predicted molar refractivity (Wildman–Crippen MR) is 111 cm³/mol. The van der Waals surface area contributed by atoms with Gasteiger partial charge in [0.25, 0.3) is 5.91 Å². The first kappa shape index (κ1) is 17.1. The average Bonchev–Trinajstić information content (AvgIpc) is 3.05. The molecule has 3 nitrogen and oxygen atoms in total. The molecule has 0 saturated carbocycles. The highest BCUT2D eigenvalue weighted by atomic mass is 16.1. The Morgan fingerprint density at radius 1 is 0.889 bits per heavy atom. The number of rotatable bonds is 4. The number of amides is 1. The summed E-state index contributed by atoms with van der Waals surface area (Å²) in [7, 11) is 0. The van der Waals surface area contributed by atoms with E-state index in [0.717, 1.165) is 28.7 Å². The molecule has 0 spiro atoms. The van der Waals surface area contributed by atoms with Crippen molar-refractivity contribution in [1.29, 1.82) is 0 Å². The van der Waals surface area contributed by atoms with Crippen molar-refractivity contribution in [2.75, 3.05) is 5.32 Å². The molecule has 0 saturated heterocycles. The van der Waals surface area contributed by atoms with Crippen molar-refractivity contribution in [2.24, 2.45) is 0 Å². The highest BCUT2D eigenvalue weighted by Gasteiger charge is 2.16. The number of hydrogen-bond donors (Lipinski definition) is 1. The maximum Gasteiger partial charge on any atom is 0.257 e. The van der Waals surface area contributed by atoms with Crippen LogP contribution in [0.3, 0.4) is 0 Å². The highest BCUT2D eigenvalue weighted by Crippen LogP contribution is 2.25. The third-order valence-corrected chi connectivity index (χ3v) is 5.08. The van der Waals surface area contributed by atoms with Gasteiger partial charge in [-0.2, -0.15) is 0 Å². The molecule has 0 aliphatic heterocycles. The summed E-state index contributed by atoms with van der Waals surface area (Å²) in [6, 6.07) is 24.3. The van der Waals surface area contributed by atoms with Crippen molar-refractivity contribution in [3.05, 3.63) is 101 Å². The van der Waals surface area contributed by atoms with Crippen LogP contribution in [0.15, 0.2) is 79.0 Å². The van der Waals surface area contributed by atoms with Gasteiger partial charge >= 0.3 is 0 Å². The molecule has 4 rings (SSSR count). The van der Waals surface area contributed by atoms with Crippen LogP contribution in [-0.4, -0.2) is 10.5 Å². The zero-order chi connectivity index (χ0) is 18.8. The minimum Gasteiger partial charge on any atom is -0.342 e. The van der Waals surface area contributed by atoms with Gasteiger partial charge in [-0.05, 0) is 42.7 Å². The van der Waals surface area contributed by atoms with Crippen LogP contribution < -0.4 is 5.32 Å². The Labute approximate surface area is 159 Å². The Balaban J connectivity index is 1.71. The first-order valence-electron chi connectivity index (χ1n) is 9.13. The van der Waals surface area contributed by atoms with Crippen LogP contribution in [0.5, 0.6) is 0 Å². The normalized spacial score (nSPS) is 10.9. The number of nitrogens with one attached hydrogen (secondary N) is 1. The van der Waals surface area contributed by atoms with Crippen LogP contribution in [0, 0.1) is 13.8 Å². The van der Waals surface area contributed by atoms with Crippen molar-refractivity contribution >= 4 is 22.5 Å². The lowest BCUT2D eigenvalue weighted by atomic mass is 10.1. The largest absolute Gasteiger partial charge is 0.342 e. The van der Waals surface area contributed by atoms with Crippen LogP contribution in [0.1, 0.15) is 27.0 Å². The molecule has 1 aromatic heterocycles. The van der Waals surface area contributed by atoms with E-state index >= 15 is 0 Å². The maximum absolute atomic E-state index is 13.0. The minimum absolute atomic E-state index is 0.0771. The molecule has 0 aliphatic rings. The molecule has 0 radical (unpaired) electrons. The summed E-state index contributed by atoms with van der Waals surface area (Å²) in [6.45, 7) is 4.82. The summed E-state index contributed by atoms with van der Waals surface area (Å²) < 4.78 is 2.14. The highest BCUT2D eigenvalue weighted by molar-refractivity contribution is 6.13.